The summed E-state index contributed by atoms with van der Waals surface area (Å²) in [6.07, 6.45) is 6.39. The highest BCUT2D eigenvalue weighted by molar-refractivity contribution is 4.96. The van der Waals surface area contributed by atoms with E-state index in [9.17, 15) is 5.11 Å². The second-order valence-electron chi connectivity index (χ2n) is 5.69. The lowest BCUT2D eigenvalue weighted by Crippen LogP contribution is -2.46. The average Bonchev–Trinajstić information content (AvgIpc) is 2.90. The van der Waals surface area contributed by atoms with Gasteiger partial charge in [-0.25, -0.2) is 0 Å². The fourth-order valence-electron chi connectivity index (χ4n) is 3.55. The highest BCUT2D eigenvalue weighted by Crippen LogP contribution is 2.44. The number of hydrogen-bond donors (Lipinski definition) is 2. The van der Waals surface area contributed by atoms with Crippen LogP contribution in [0.25, 0.3) is 0 Å². The lowest BCUT2D eigenvalue weighted by Gasteiger charge is -2.28. The molecule has 3 heteroatoms. The number of rotatable bonds is 3. The molecule has 3 rings (SSSR count). The van der Waals surface area contributed by atoms with Gasteiger partial charge in [0, 0.05) is 25.6 Å². The molecule has 1 aliphatic heterocycles. The number of fused-ring (bicyclic) bond motifs is 2. The van der Waals surface area contributed by atoms with Crippen molar-refractivity contribution in [1.82, 2.24) is 5.32 Å². The summed E-state index contributed by atoms with van der Waals surface area (Å²) in [6.45, 7) is 1.95. The Morgan fingerprint density at radius 2 is 2.27 bits per heavy atom. The summed E-state index contributed by atoms with van der Waals surface area (Å²) < 4.78 is 5.25. The van der Waals surface area contributed by atoms with E-state index in [1.807, 2.05) is 0 Å². The molecule has 2 bridgehead atoms. The van der Waals surface area contributed by atoms with Crippen molar-refractivity contribution in [1.29, 1.82) is 0 Å². The van der Waals surface area contributed by atoms with Crippen LogP contribution in [0.2, 0.25) is 0 Å². The van der Waals surface area contributed by atoms with Gasteiger partial charge in [-0.15, -0.1) is 0 Å². The highest BCUT2D eigenvalue weighted by Gasteiger charge is 2.41. The first kappa shape index (κ1) is 10.1. The monoisotopic (exact) mass is 211 g/mol. The third-order valence-corrected chi connectivity index (χ3v) is 4.51. The van der Waals surface area contributed by atoms with Gasteiger partial charge in [0.1, 0.15) is 5.60 Å². The Balaban J connectivity index is 1.50. The SMILES string of the molecule is OC1(CNC2CC3CCC2C3)CCOC1. The van der Waals surface area contributed by atoms with Gasteiger partial charge in [-0.3, -0.25) is 0 Å². The van der Waals surface area contributed by atoms with Gasteiger partial charge in [-0.2, -0.15) is 0 Å². The van der Waals surface area contributed by atoms with Crippen molar-refractivity contribution >= 4 is 0 Å². The molecule has 15 heavy (non-hydrogen) atoms. The molecule has 3 fully saturated rings. The van der Waals surface area contributed by atoms with Crippen molar-refractivity contribution < 1.29 is 9.84 Å². The van der Waals surface area contributed by atoms with Crippen LogP contribution in [-0.2, 0) is 4.74 Å². The van der Waals surface area contributed by atoms with E-state index in [-0.39, 0.29) is 0 Å². The van der Waals surface area contributed by atoms with E-state index in [1.54, 1.807) is 0 Å². The van der Waals surface area contributed by atoms with Crippen LogP contribution in [0.5, 0.6) is 0 Å². The lowest BCUT2D eigenvalue weighted by molar-refractivity contribution is 0.0232. The largest absolute Gasteiger partial charge is 0.386 e. The highest BCUT2D eigenvalue weighted by atomic mass is 16.5. The van der Waals surface area contributed by atoms with Crippen molar-refractivity contribution in [3.05, 3.63) is 0 Å². The maximum absolute atomic E-state index is 10.1. The van der Waals surface area contributed by atoms with Gasteiger partial charge in [0.25, 0.3) is 0 Å². The van der Waals surface area contributed by atoms with Crippen molar-refractivity contribution in [2.75, 3.05) is 19.8 Å². The lowest BCUT2D eigenvalue weighted by atomic mass is 9.94. The molecule has 0 aromatic carbocycles. The molecule has 4 atom stereocenters. The minimum Gasteiger partial charge on any atom is -0.386 e. The second kappa shape index (κ2) is 3.72. The molecule has 1 saturated heterocycles. The number of ether oxygens (including phenoxy) is 1. The molecule has 3 nitrogen and oxygen atoms in total. The molecule has 3 aliphatic rings. The van der Waals surface area contributed by atoms with Gasteiger partial charge < -0.3 is 15.2 Å². The Bertz CT molecular complexity index is 238. The van der Waals surface area contributed by atoms with Crippen molar-refractivity contribution in [2.24, 2.45) is 11.8 Å². The summed E-state index contributed by atoms with van der Waals surface area (Å²) in [5.41, 5.74) is -0.582. The van der Waals surface area contributed by atoms with Gasteiger partial charge in [0.15, 0.2) is 0 Å². The second-order valence-corrected chi connectivity index (χ2v) is 5.69. The van der Waals surface area contributed by atoms with Gasteiger partial charge in [-0.05, 0) is 31.1 Å². The van der Waals surface area contributed by atoms with Crippen LogP contribution >= 0.6 is 0 Å². The molecule has 0 radical (unpaired) electrons. The van der Waals surface area contributed by atoms with Crippen molar-refractivity contribution in [3.8, 4) is 0 Å². The van der Waals surface area contributed by atoms with Crippen LogP contribution in [0.3, 0.4) is 0 Å². The molecule has 4 unspecified atom stereocenters. The van der Waals surface area contributed by atoms with E-state index >= 15 is 0 Å². The molecule has 2 N–H and O–H groups in total. The Kier molecular flexibility index (Phi) is 2.49. The molecule has 0 aromatic heterocycles. The Morgan fingerprint density at radius 3 is 2.87 bits per heavy atom. The molecule has 2 saturated carbocycles. The van der Waals surface area contributed by atoms with Gasteiger partial charge >= 0.3 is 0 Å². The number of aliphatic hydroxyl groups is 1. The molecule has 0 amide bonds. The van der Waals surface area contributed by atoms with Gasteiger partial charge in [0.2, 0.25) is 0 Å². The summed E-state index contributed by atoms with van der Waals surface area (Å²) in [6, 6.07) is 0.674. The molecular weight excluding hydrogens is 190 g/mol. The fraction of sp³-hybridized carbons (Fsp3) is 1.00. The molecule has 2 aliphatic carbocycles. The van der Waals surface area contributed by atoms with E-state index < -0.39 is 5.60 Å². The van der Waals surface area contributed by atoms with E-state index in [2.05, 4.69) is 5.32 Å². The van der Waals surface area contributed by atoms with Gasteiger partial charge in [0.05, 0.1) is 6.61 Å². The topological polar surface area (TPSA) is 41.5 Å². The predicted octanol–water partition coefficient (Wildman–Crippen LogP) is 0.916. The van der Waals surface area contributed by atoms with E-state index in [0.717, 1.165) is 31.4 Å². The standard InChI is InChI=1S/C12H21NO2/c14-12(3-4-15-8-12)7-13-11-6-9-1-2-10(11)5-9/h9-11,13-14H,1-8H2. The van der Waals surface area contributed by atoms with Crippen molar-refractivity contribution in [2.45, 2.75) is 43.7 Å². The Labute approximate surface area is 91.2 Å². The maximum atomic E-state index is 10.1. The molecular formula is C12H21NO2. The van der Waals surface area contributed by atoms with Crippen molar-refractivity contribution in [3.63, 3.8) is 0 Å². The van der Waals surface area contributed by atoms with Crippen LogP contribution in [-0.4, -0.2) is 36.5 Å². The smallest absolute Gasteiger partial charge is 0.102 e. The summed E-state index contributed by atoms with van der Waals surface area (Å²) in [5.74, 6) is 1.86. The zero-order valence-corrected chi connectivity index (χ0v) is 9.24. The van der Waals surface area contributed by atoms with E-state index in [1.165, 1.54) is 25.7 Å². The van der Waals surface area contributed by atoms with E-state index in [0.29, 0.717) is 12.6 Å². The minimum absolute atomic E-state index is 0.515. The number of hydrogen-bond acceptors (Lipinski definition) is 3. The summed E-state index contributed by atoms with van der Waals surface area (Å²) in [7, 11) is 0. The third-order valence-electron chi connectivity index (χ3n) is 4.51. The molecule has 0 spiro atoms. The Morgan fingerprint density at radius 1 is 1.33 bits per heavy atom. The minimum atomic E-state index is -0.582. The van der Waals surface area contributed by atoms with Gasteiger partial charge in [-0.1, -0.05) is 6.42 Å². The predicted molar refractivity (Wildman–Crippen MR) is 57.6 cm³/mol. The normalized spacial score (nSPS) is 49.0. The number of nitrogens with one attached hydrogen (secondary N) is 1. The first-order valence-electron chi connectivity index (χ1n) is 6.29. The first-order chi connectivity index (χ1) is 7.25. The zero-order valence-electron chi connectivity index (χ0n) is 9.24. The van der Waals surface area contributed by atoms with Crippen LogP contribution in [0, 0.1) is 11.8 Å². The fourth-order valence-corrected chi connectivity index (χ4v) is 3.55. The summed E-state index contributed by atoms with van der Waals surface area (Å²) in [4.78, 5) is 0. The summed E-state index contributed by atoms with van der Waals surface area (Å²) in [5, 5.41) is 13.7. The van der Waals surface area contributed by atoms with Crippen LogP contribution in [0.1, 0.15) is 32.1 Å². The molecule has 86 valence electrons. The average molecular weight is 211 g/mol. The quantitative estimate of drug-likeness (QED) is 0.729. The van der Waals surface area contributed by atoms with E-state index in [4.69, 9.17) is 4.74 Å². The van der Waals surface area contributed by atoms with Crippen LogP contribution in [0.15, 0.2) is 0 Å². The molecule has 0 aromatic rings. The third kappa shape index (κ3) is 1.93. The van der Waals surface area contributed by atoms with Crippen LogP contribution < -0.4 is 5.32 Å². The maximum Gasteiger partial charge on any atom is 0.102 e. The van der Waals surface area contributed by atoms with Crippen LogP contribution in [0.4, 0.5) is 0 Å². The zero-order chi connectivity index (χ0) is 10.3. The molecule has 1 heterocycles. The Hall–Kier alpha value is -0.120. The first-order valence-corrected chi connectivity index (χ1v) is 6.29. The summed E-state index contributed by atoms with van der Waals surface area (Å²) >= 11 is 0.